The molecule has 0 aliphatic heterocycles. The van der Waals surface area contributed by atoms with Crippen LogP contribution in [0.25, 0.3) is 0 Å². The Hall–Kier alpha value is -0.280. The third kappa shape index (κ3) is 9.72. The molecular weight excluding hydrogens is 178 g/mol. The second-order valence-electron chi connectivity index (χ2n) is 2.83. The molecule has 0 aliphatic carbocycles. The molecule has 0 atom stereocenters. The van der Waals surface area contributed by atoms with Crippen molar-refractivity contribution in [2.75, 3.05) is 19.7 Å². The van der Waals surface area contributed by atoms with Crippen LogP contribution in [0.4, 0.5) is 0 Å². The van der Waals surface area contributed by atoms with Crippen LogP contribution in [0.5, 0.6) is 0 Å². The molecule has 0 heterocycles. The number of rotatable bonds is 5. The Morgan fingerprint density at radius 3 is 2.50 bits per heavy atom. The lowest BCUT2D eigenvalue weighted by Gasteiger charge is -2.05. The number of hydrogen-bond acceptors (Lipinski definition) is 3. The molecule has 0 bridgehead atoms. The maximum atomic E-state index is 10.7. The highest BCUT2D eigenvalue weighted by atomic mass is 35.5. The van der Waals surface area contributed by atoms with Crippen LogP contribution in [-0.2, 0) is 9.53 Å². The zero-order valence-corrected chi connectivity index (χ0v) is 8.74. The Morgan fingerprint density at radius 1 is 1.50 bits per heavy atom. The molecule has 0 amide bonds. The first-order valence-electron chi connectivity index (χ1n) is 4.03. The summed E-state index contributed by atoms with van der Waals surface area (Å²) in [4.78, 5) is 10.7. The van der Waals surface area contributed by atoms with Crippen LogP contribution in [0.3, 0.4) is 0 Å². The van der Waals surface area contributed by atoms with Crippen molar-refractivity contribution in [2.45, 2.75) is 20.8 Å². The summed E-state index contributed by atoms with van der Waals surface area (Å²) in [6.45, 7) is 7.64. The van der Waals surface area contributed by atoms with Gasteiger partial charge in [0, 0.05) is 0 Å². The molecule has 0 unspecified atom stereocenters. The van der Waals surface area contributed by atoms with Gasteiger partial charge in [0.1, 0.15) is 0 Å². The average Bonchev–Trinajstić information content (AvgIpc) is 1.87. The SMILES string of the molecule is CCOC(=O)CNCC(C)C.Cl. The van der Waals surface area contributed by atoms with Gasteiger partial charge >= 0.3 is 5.97 Å². The molecule has 3 nitrogen and oxygen atoms in total. The molecule has 0 aliphatic rings. The summed E-state index contributed by atoms with van der Waals surface area (Å²) in [5, 5.41) is 2.99. The Labute approximate surface area is 80.3 Å². The fourth-order valence-corrected chi connectivity index (χ4v) is 0.675. The molecule has 0 saturated heterocycles. The van der Waals surface area contributed by atoms with Gasteiger partial charge < -0.3 is 10.1 Å². The highest BCUT2D eigenvalue weighted by Crippen LogP contribution is 1.86. The maximum absolute atomic E-state index is 10.7. The van der Waals surface area contributed by atoms with Gasteiger partial charge in [-0.3, -0.25) is 4.79 Å². The van der Waals surface area contributed by atoms with Crippen LogP contribution in [0, 0.1) is 5.92 Å². The van der Waals surface area contributed by atoms with E-state index in [2.05, 4.69) is 19.2 Å². The Balaban J connectivity index is 0. The summed E-state index contributed by atoms with van der Waals surface area (Å²) in [6.07, 6.45) is 0. The normalized spacial score (nSPS) is 9.33. The van der Waals surface area contributed by atoms with Crippen LogP contribution < -0.4 is 5.32 Å². The van der Waals surface area contributed by atoms with E-state index < -0.39 is 0 Å². The van der Waals surface area contributed by atoms with Crippen molar-refractivity contribution in [1.29, 1.82) is 0 Å². The smallest absolute Gasteiger partial charge is 0.319 e. The highest BCUT2D eigenvalue weighted by Gasteiger charge is 2.00. The third-order valence-corrected chi connectivity index (χ3v) is 1.13. The van der Waals surface area contributed by atoms with E-state index >= 15 is 0 Å². The van der Waals surface area contributed by atoms with E-state index in [0.29, 0.717) is 19.1 Å². The van der Waals surface area contributed by atoms with Crippen LogP contribution in [0.2, 0.25) is 0 Å². The molecule has 0 saturated carbocycles. The summed E-state index contributed by atoms with van der Waals surface area (Å²) in [6, 6.07) is 0. The number of halogens is 1. The first-order chi connectivity index (χ1) is 5.16. The number of hydrogen-bond donors (Lipinski definition) is 1. The highest BCUT2D eigenvalue weighted by molar-refractivity contribution is 5.85. The Bertz CT molecular complexity index is 118. The van der Waals surface area contributed by atoms with Crippen LogP contribution in [0.15, 0.2) is 0 Å². The predicted octanol–water partition coefficient (Wildman–Crippen LogP) is 1.22. The van der Waals surface area contributed by atoms with E-state index in [9.17, 15) is 4.79 Å². The van der Waals surface area contributed by atoms with Gasteiger partial charge in [-0.2, -0.15) is 0 Å². The quantitative estimate of drug-likeness (QED) is 0.671. The van der Waals surface area contributed by atoms with E-state index in [4.69, 9.17) is 4.74 Å². The summed E-state index contributed by atoms with van der Waals surface area (Å²) in [5.41, 5.74) is 0. The van der Waals surface area contributed by atoms with Crippen molar-refractivity contribution in [3.05, 3.63) is 0 Å². The number of carbonyl (C=O) groups excluding carboxylic acids is 1. The van der Waals surface area contributed by atoms with Gasteiger partial charge in [-0.25, -0.2) is 0 Å². The summed E-state index contributed by atoms with van der Waals surface area (Å²) in [5.74, 6) is 0.401. The monoisotopic (exact) mass is 195 g/mol. The largest absolute Gasteiger partial charge is 0.465 e. The molecule has 0 aromatic carbocycles. The Morgan fingerprint density at radius 2 is 2.08 bits per heavy atom. The van der Waals surface area contributed by atoms with Gasteiger partial charge in [-0.05, 0) is 19.4 Å². The van der Waals surface area contributed by atoms with Crippen molar-refractivity contribution in [1.82, 2.24) is 5.32 Å². The minimum Gasteiger partial charge on any atom is -0.465 e. The lowest BCUT2D eigenvalue weighted by Crippen LogP contribution is -2.27. The van der Waals surface area contributed by atoms with Crippen molar-refractivity contribution in [3.63, 3.8) is 0 Å². The van der Waals surface area contributed by atoms with E-state index in [1.54, 1.807) is 6.92 Å². The van der Waals surface area contributed by atoms with Crippen molar-refractivity contribution >= 4 is 18.4 Å². The fraction of sp³-hybridized carbons (Fsp3) is 0.875. The molecule has 1 N–H and O–H groups in total. The molecule has 0 aromatic rings. The second kappa shape index (κ2) is 8.81. The van der Waals surface area contributed by atoms with Gasteiger partial charge in [0.15, 0.2) is 0 Å². The van der Waals surface area contributed by atoms with Gasteiger partial charge in [0.05, 0.1) is 13.2 Å². The van der Waals surface area contributed by atoms with Crippen molar-refractivity contribution in [2.24, 2.45) is 5.92 Å². The topological polar surface area (TPSA) is 38.3 Å². The van der Waals surface area contributed by atoms with Gasteiger partial charge in [-0.1, -0.05) is 13.8 Å². The average molecular weight is 196 g/mol. The molecule has 0 fully saturated rings. The standard InChI is InChI=1S/C8H17NO2.ClH/c1-4-11-8(10)6-9-5-7(2)3;/h7,9H,4-6H2,1-3H3;1H. The number of ether oxygens (including phenoxy) is 1. The fourth-order valence-electron chi connectivity index (χ4n) is 0.675. The van der Waals surface area contributed by atoms with E-state index in [-0.39, 0.29) is 18.4 Å². The minimum absolute atomic E-state index is 0. The predicted molar refractivity (Wildman–Crippen MR) is 51.6 cm³/mol. The molecule has 0 aromatic heterocycles. The maximum Gasteiger partial charge on any atom is 0.319 e. The van der Waals surface area contributed by atoms with E-state index in [1.165, 1.54) is 0 Å². The van der Waals surface area contributed by atoms with E-state index in [1.807, 2.05) is 0 Å². The molecule has 4 heteroatoms. The van der Waals surface area contributed by atoms with Gasteiger partial charge in [0.25, 0.3) is 0 Å². The Kier molecular flexibility index (Phi) is 10.5. The summed E-state index contributed by atoms with van der Waals surface area (Å²) < 4.78 is 4.72. The molecular formula is C8H18ClNO2. The lowest BCUT2D eigenvalue weighted by atomic mass is 10.2. The van der Waals surface area contributed by atoms with Crippen LogP contribution in [0.1, 0.15) is 20.8 Å². The molecule has 0 rings (SSSR count). The number of carbonyl (C=O) groups is 1. The first kappa shape index (κ1) is 14.3. The number of nitrogens with one attached hydrogen (secondary N) is 1. The van der Waals surface area contributed by atoms with Crippen LogP contribution >= 0.6 is 12.4 Å². The lowest BCUT2D eigenvalue weighted by molar-refractivity contribution is -0.142. The summed E-state index contributed by atoms with van der Waals surface area (Å²) in [7, 11) is 0. The number of esters is 1. The first-order valence-corrected chi connectivity index (χ1v) is 4.03. The van der Waals surface area contributed by atoms with Crippen molar-refractivity contribution < 1.29 is 9.53 Å². The molecule has 74 valence electrons. The summed E-state index contributed by atoms with van der Waals surface area (Å²) >= 11 is 0. The minimum atomic E-state index is -0.173. The van der Waals surface area contributed by atoms with Crippen LogP contribution in [-0.4, -0.2) is 25.7 Å². The zero-order chi connectivity index (χ0) is 8.69. The van der Waals surface area contributed by atoms with Gasteiger partial charge in [-0.15, -0.1) is 12.4 Å². The molecule has 12 heavy (non-hydrogen) atoms. The third-order valence-electron chi connectivity index (χ3n) is 1.13. The second-order valence-corrected chi connectivity index (χ2v) is 2.83. The molecule has 0 radical (unpaired) electrons. The zero-order valence-electron chi connectivity index (χ0n) is 7.92. The van der Waals surface area contributed by atoms with Gasteiger partial charge in [0.2, 0.25) is 0 Å². The molecule has 0 spiro atoms. The van der Waals surface area contributed by atoms with E-state index in [0.717, 1.165) is 6.54 Å². The van der Waals surface area contributed by atoms with Crippen molar-refractivity contribution in [3.8, 4) is 0 Å².